The van der Waals surface area contributed by atoms with E-state index in [0.717, 1.165) is 11.3 Å². The number of nitrogens with zero attached hydrogens (tertiary/aromatic N) is 1. The van der Waals surface area contributed by atoms with Crippen LogP contribution in [0.15, 0.2) is 36.4 Å². The number of nitrogen functional groups attached to an aromatic ring is 1. The molecule has 1 amide bonds. The maximum atomic E-state index is 11.4. The lowest BCUT2D eigenvalue weighted by molar-refractivity contribution is 0.100. The summed E-state index contributed by atoms with van der Waals surface area (Å²) in [6.07, 6.45) is 0. The largest absolute Gasteiger partial charge is 0.399 e. The third-order valence-corrected chi connectivity index (χ3v) is 2.95. The van der Waals surface area contributed by atoms with Gasteiger partial charge in [-0.05, 0) is 42.8 Å². The van der Waals surface area contributed by atoms with Crippen molar-refractivity contribution in [1.82, 2.24) is 0 Å². The van der Waals surface area contributed by atoms with Crippen LogP contribution in [0.3, 0.4) is 0 Å². The van der Waals surface area contributed by atoms with Gasteiger partial charge in [0.15, 0.2) is 0 Å². The number of carbonyl (C=O) groups is 1. The van der Waals surface area contributed by atoms with Crippen molar-refractivity contribution in [2.45, 2.75) is 6.92 Å². The maximum absolute atomic E-state index is 11.4. The molecule has 0 aliphatic carbocycles. The van der Waals surface area contributed by atoms with E-state index in [1.807, 2.05) is 13.0 Å². The normalized spacial score (nSPS) is 9.80. The van der Waals surface area contributed by atoms with Gasteiger partial charge in [0.1, 0.15) is 0 Å². The van der Waals surface area contributed by atoms with Crippen molar-refractivity contribution in [3.63, 3.8) is 0 Å². The van der Waals surface area contributed by atoms with Crippen LogP contribution in [-0.2, 0) is 0 Å². The average Bonchev–Trinajstić information content (AvgIpc) is 2.42. The van der Waals surface area contributed by atoms with E-state index in [2.05, 4.69) is 11.4 Å². The van der Waals surface area contributed by atoms with Crippen molar-refractivity contribution in [3.05, 3.63) is 53.1 Å². The van der Waals surface area contributed by atoms with Crippen LogP contribution in [-0.4, -0.2) is 5.91 Å². The molecule has 0 bridgehead atoms. The molecule has 0 aliphatic rings. The first-order valence-electron chi connectivity index (χ1n) is 5.98. The standard InChI is InChI=1S/C15H14N4O/c1-9-2-3-10(8-16)6-14(9)19-13-5-4-11(17)7-12(13)15(18)20/h2-7,19H,17H2,1H3,(H2,18,20). The number of nitrogens with two attached hydrogens (primary N) is 2. The number of carbonyl (C=O) groups excluding carboxylic acids is 1. The van der Waals surface area contributed by atoms with Gasteiger partial charge in [0, 0.05) is 11.4 Å². The summed E-state index contributed by atoms with van der Waals surface area (Å²) in [4.78, 5) is 11.4. The van der Waals surface area contributed by atoms with Crippen molar-refractivity contribution in [2.75, 3.05) is 11.1 Å². The zero-order chi connectivity index (χ0) is 14.7. The van der Waals surface area contributed by atoms with E-state index < -0.39 is 5.91 Å². The van der Waals surface area contributed by atoms with Crippen LogP contribution < -0.4 is 16.8 Å². The molecule has 2 aromatic rings. The van der Waals surface area contributed by atoms with Gasteiger partial charge in [0.2, 0.25) is 0 Å². The molecule has 20 heavy (non-hydrogen) atoms. The fourth-order valence-electron chi connectivity index (χ4n) is 1.85. The van der Waals surface area contributed by atoms with Gasteiger partial charge in [-0.25, -0.2) is 0 Å². The molecule has 0 saturated carbocycles. The van der Waals surface area contributed by atoms with Crippen molar-refractivity contribution < 1.29 is 4.79 Å². The Balaban J connectivity index is 2.45. The molecule has 0 fully saturated rings. The summed E-state index contributed by atoms with van der Waals surface area (Å²) in [5.41, 5.74) is 14.6. The van der Waals surface area contributed by atoms with Crippen LogP contribution in [0, 0.1) is 18.3 Å². The number of hydrogen-bond donors (Lipinski definition) is 3. The molecule has 0 aliphatic heterocycles. The predicted molar refractivity (Wildman–Crippen MR) is 78.5 cm³/mol. The van der Waals surface area contributed by atoms with Crippen LogP contribution in [0.4, 0.5) is 17.1 Å². The summed E-state index contributed by atoms with van der Waals surface area (Å²) in [6, 6.07) is 12.3. The number of amides is 1. The zero-order valence-electron chi connectivity index (χ0n) is 11.0. The van der Waals surface area contributed by atoms with E-state index in [4.69, 9.17) is 16.7 Å². The molecular formula is C15H14N4O. The summed E-state index contributed by atoms with van der Waals surface area (Å²) in [6.45, 7) is 1.91. The molecule has 0 atom stereocenters. The van der Waals surface area contributed by atoms with Gasteiger partial charge in [-0.15, -0.1) is 0 Å². The van der Waals surface area contributed by atoms with Gasteiger partial charge in [-0.1, -0.05) is 6.07 Å². The Labute approximate surface area is 116 Å². The van der Waals surface area contributed by atoms with E-state index in [-0.39, 0.29) is 0 Å². The highest BCUT2D eigenvalue weighted by Gasteiger charge is 2.10. The Morgan fingerprint density at radius 1 is 1.20 bits per heavy atom. The number of nitrogens with one attached hydrogen (secondary N) is 1. The van der Waals surface area contributed by atoms with Crippen molar-refractivity contribution >= 4 is 23.0 Å². The van der Waals surface area contributed by atoms with Crippen molar-refractivity contribution in [3.8, 4) is 6.07 Å². The topological polar surface area (TPSA) is 105 Å². The van der Waals surface area contributed by atoms with E-state index in [0.29, 0.717) is 22.5 Å². The van der Waals surface area contributed by atoms with Gasteiger partial charge in [0.25, 0.3) is 5.91 Å². The first-order chi connectivity index (χ1) is 9.51. The monoisotopic (exact) mass is 266 g/mol. The number of hydrogen-bond acceptors (Lipinski definition) is 4. The summed E-state index contributed by atoms with van der Waals surface area (Å²) < 4.78 is 0. The molecule has 0 saturated heterocycles. The molecule has 2 aromatic carbocycles. The van der Waals surface area contributed by atoms with Crippen LogP contribution in [0.1, 0.15) is 21.5 Å². The fourth-order valence-corrected chi connectivity index (χ4v) is 1.85. The minimum atomic E-state index is -0.561. The Bertz CT molecular complexity index is 716. The molecule has 5 nitrogen and oxygen atoms in total. The highest BCUT2D eigenvalue weighted by Crippen LogP contribution is 2.25. The quantitative estimate of drug-likeness (QED) is 0.741. The number of aryl methyl sites for hydroxylation is 1. The minimum Gasteiger partial charge on any atom is -0.399 e. The van der Waals surface area contributed by atoms with Gasteiger partial charge in [0.05, 0.1) is 22.9 Å². The first-order valence-corrected chi connectivity index (χ1v) is 5.98. The lowest BCUT2D eigenvalue weighted by Gasteiger charge is -2.13. The van der Waals surface area contributed by atoms with Gasteiger partial charge >= 0.3 is 0 Å². The molecular weight excluding hydrogens is 252 g/mol. The predicted octanol–water partition coefficient (Wildman–Crippen LogP) is 2.29. The molecule has 2 rings (SSSR count). The Hall–Kier alpha value is -3.00. The molecule has 5 N–H and O–H groups in total. The summed E-state index contributed by atoms with van der Waals surface area (Å²) >= 11 is 0. The molecule has 0 spiro atoms. The molecule has 0 heterocycles. The smallest absolute Gasteiger partial charge is 0.250 e. The summed E-state index contributed by atoms with van der Waals surface area (Å²) in [5, 5.41) is 12.0. The number of benzene rings is 2. The summed E-state index contributed by atoms with van der Waals surface area (Å²) in [7, 11) is 0. The minimum absolute atomic E-state index is 0.312. The summed E-state index contributed by atoms with van der Waals surface area (Å²) in [5.74, 6) is -0.561. The van der Waals surface area contributed by atoms with E-state index in [1.54, 1.807) is 24.3 Å². The molecule has 0 unspecified atom stereocenters. The number of primary amides is 1. The Morgan fingerprint density at radius 2 is 1.95 bits per heavy atom. The Morgan fingerprint density at radius 3 is 2.60 bits per heavy atom. The molecule has 0 radical (unpaired) electrons. The zero-order valence-corrected chi connectivity index (χ0v) is 11.0. The molecule has 0 aromatic heterocycles. The maximum Gasteiger partial charge on any atom is 0.250 e. The molecule has 100 valence electrons. The van der Waals surface area contributed by atoms with Crippen LogP contribution in [0.2, 0.25) is 0 Å². The van der Waals surface area contributed by atoms with Gasteiger partial charge in [-0.2, -0.15) is 5.26 Å². The number of rotatable bonds is 3. The van der Waals surface area contributed by atoms with Gasteiger partial charge < -0.3 is 16.8 Å². The second-order valence-corrected chi connectivity index (χ2v) is 4.44. The highest BCUT2D eigenvalue weighted by molar-refractivity contribution is 6.00. The highest BCUT2D eigenvalue weighted by atomic mass is 16.1. The third kappa shape index (κ3) is 2.70. The lowest BCUT2D eigenvalue weighted by Crippen LogP contribution is -2.14. The number of nitriles is 1. The molecule has 5 heteroatoms. The lowest BCUT2D eigenvalue weighted by atomic mass is 10.1. The van der Waals surface area contributed by atoms with E-state index in [9.17, 15) is 4.79 Å². The van der Waals surface area contributed by atoms with Gasteiger partial charge in [-0.3, -0.25) is 4.79 Å². The van der Waals surface area contributed by atoms with Crippen molar-refractivity contribution in [1.29, 1.82) is 5.26 Å². The average molecular weight is 266 g/mol. The number of anilines is 3. The Kier molecular flexibility index (Phi) is 3.58. The second kappa shape index (κ2) is 5.33. The second-order valence-electron chi connectivity index (χ2n) is 4.44. The third-order valence-electron chi connectivity index (χ3n) is 2.95. The van der Waals surface area contributed by atoms with Crippen LogP contribution in [0.5, 0.6) is 0 Å². The van der Waals surface area contributed by atoms with Crippen LogP contribution in [0.25, 0.3) is 0 Å². The van der Waals surface area contributed by atoms with Crippen LogP contribution >= 0.6 is 0 Å². The van der Waals surface area contributed by atoms with E-state index >= 15 is 0 Å². The fraction of sp³-hybridized carbons (Fsp3) is 0.0667. The van der Waals surface area contributed by atoms with E-state index in [1.165, 1.54) is 6.07 Å². The first kappa shape index (κ1) is 13.4. The SMILES string of the molecule is Cc1ccc(C#N)cc1Nc1ccc(N)cc1C(N)=O. The van der Waals surface area contributed by atoms with Crippen molar-refractivity contribution in [2.24, 2.45) is 5.73 Å².